The number of ether oxygens (including phenoxy) is 1. The van der Waals surface area contributed by atoms with Crippen molar-refractivity contribution in [3.63, 3.8) is 0 Å². The molecule has 0 bridgehead atoms. The van der Waals surface area contributed by atoms with Crippen LogP contribution in [0.25, 0.3) is 0 Å². The Labute approximate surface area is 125 Å². The van der Waals surface area contributed by atoms with Crippen LogP contribution in [-0.2, 0) is 4.79 Å². The maximum atomic E-state index is 11.9. The van der Waals surface area contributed by atoms with E-state index in [1.54, 1.807) is 7.11 Å². The molecule has 1 amide bonds. The highest BCUT2D eigenvalue weighted by Crippen LogP contribution is 2.40. The number of halogens is 1. The monoisotopic (exact) mass is 332 g/mol. The van der Waals surface area contributed by atoms with Gasteiger partial charge in [-0.15, -0.1) is 0 Å². The summed E-state index contributed by atoms with van der Waals surface area (Å²) in [6.45, 7) is 0.273. The lowest BCUT2D eigenvalue weighted by Crippen LogP contribution is -2.35. The second-order valence-electron chi connectivity index (χ2n) is 4.47. The van der Waals surface area contributed by atoms with E-state index in [1.807, 2.05) is 47.4 Å². The summed E-state index contributed by atoms with van der Waals surface area (Å²) < 4.78 is 6.32. The zero-order valence-corrected chi connectivity index (χ0v) is 12.5. The second-order valence-corrected chi connectivity index (χ2v) is 5.38. The number of fused-ring (bicyclic) bond motifs is 1. The third kappa shape index (κ3) is 2.25. The predicted octanol–water partition coefficient (Wildman–Crippen LogP) is 3.55. The highest BCUT2D eigenvalue weighted by atomic mass is 79.9. The van der Waals surface area contributed by atoms with Crippen molar-refractivity contribution in [2.75, 3.05) is 23.9 Å². The molecular weight excluding hydrogens is 320 g/mol. The molecule has 0 atom stereocenters. The number of rotatable bonds is 2. The summed E-state index contributed by atoms with van der Waals surface area (Å²) >= 11 is 3.42. The van der Waals surface area contributed by atoms with E-state index >= 15 is 0 Å². The van der Waals surface area contributed by atoms with Gasteiger partial charge in [0.15, 0.2) is 0 Å². The van der Waals surface area contributed by atoms with Gasteiger partial charge in [0.25, 0.3) is 0 Å². The van der Waals surface area contributed by atoms with Gasteiger partial charge >= 0.3 is 0 Å². The number of hydrogen-bond acceptors (Lipinski definition) is 3. The number of benzene rings is 2. The number of anilines is 3. The zero-order chi connectivity index (χ0) is 14.1. The predicted molar refractivity (Wildman–Crippen MR) is 82.8 cm³/mol. The molecule has 3 rings (SSSR count). The summed E-state index contributed by atoms with van der Waals surface area (Å²) in [5.41, 5.74) is 2.63. The van der Waals surface area contributed by atoms with Crippen LogP contribution in [-0.4, -0.2) is 19.6 Å². The van der Waals surface area contributed by atoms with Gasteiger partial charge < -0.3 is 15.0 Å². The topological polar surface area (TPSA) is 41.6 Å². The van der Waals surface area contributed by atoms with Crippen LogP contribution >= 0.6 is 15.9 Å². The molecule has 1 heterocycles. The molecule has 2 aromatic rings. The number of methoxy groups -OCH3 is 1. The molecule has 0 saturated heterocycles. The van der Waals surface area contributed by atoms with Crippen LogP contribution in [0.3, 0.4) is 0 Å². The van der Waals surface area contributed by atoms with Gasteiger partial charge in [-0.1, -0.05) is 28.1 Å². The van der Waals surface area contributed by atoms with Gasteiger partial charge in [0.1, 0.15) is 12.3 Å². The summed E-state index contributed by atoms with van der Waals surface area (Å²) in [5, 5.41) is 2.89. The van der Waals surface area contributed by atoms with Crippen molar-refractivity contribution >= 4 is 38.9 Å². The van der Waals surface area contributed by atoms with Crippen LogP contribution in [0, 0.1) is 0 Å². The number of para-hydroxylation sites is 2. The molecule has 0 radical (unpaired) electrons. The summed E-state index contributed by atoms with van der Waals surface area (Å²) in [5.74, 6) is 0.706. The number of carbonyl (C=O) groups is 1. The molecule has 2 aromatic carbocycles. The molecule has 102 valence electrons. The van der Waals surface area contributed by atoms with Crippen molar-refractivity contribution in [1.82, 2.24) is 0 Å². The first-order valence-electron chi connectivity index (χ1n) is 6.19. The molecule has 5 heteroatoms. The largest absolute Gasteiger partial charge is 0.495 e. The lowest BCUT2D eigenvalue weighted by atomic mass is 10.1. The Morgan fingerprint density at radius 1 is 1.20 bits per heavy atom. The highest BCUT2D eigenvalue weighted by Gasteiger charge is 2.25. The fourth-order valence-corrected chi connectivity index (χ4v) is 2.69. The molecular formula is C15H13BrN2O2. The molecule has 1 aliphatic rings. The first kappa shape index (κ1) is 13.0. The standard InChI is InChI=1S/C15H13BrN2O2/c1-20-14-5-3-2-4-13(14)18-9-15(19)17-11-8-10(16)6-7-12(11)18/h2-8H,9H2,1H3,(H,17,19). The lowest BCUT2D eigenvalue weighted by molar-refractivity contribution is -0.115. The minimum Gasteiger partial charge on any atom is -0.495 e. The molecule has 0 spiro atoms. The Kier molecular flexibility index (Phi) is 3.36. The van der Waals surface area contributed by atoms with Gasteiger partial charge in [-0.2, -0.15) is 0 Å². The Bertz CT molecular complexity index is 673. The molecule has 20 heavy (non-hydrogen) atoms. The number of nitrogens with zero attached hydrogens (tertiary/aromatic N) is 1. The average Bonchev–Trinajstić information content (AvgIpc) is 2.45. The SMILES string of the molecule is COc1ccccc1N1CC(=O)Nc2cc(Br)ccc21. The van der Waals surface area contributed by atoms with Crippen molar-refractivity contribution < 1.29 is 9.53 Å². The van der Waals surface area contributed by atoms with Crippen molar-refractivity contribution in [1.29, 1.82) is 0 Å². The van der Waals surface area contributed by atoms with Gasteiger partial charge in [-0.05, 0) is 30.3 Å². The van der Waals surface area contributed by atoms with E-state index < -0.39 is 0 Å². The average molecular weight is 333 g/mol. The fraction of sp³-hybridized carbons (Fsp3) is 0.133. The van der Waals surface area contributed by atoms with Gasteiger partial charge in [0, 0.05) is 4.47 Å². The summed E-state index contributed by atoms with van der Waals surface area (Å²) in [6, 6.07) is 13.5. The minimum atomic E-state index is -0.0403. The minimum absolute atomic E-state index is 0.0403. The molecule has 0 unspecified atom stereocenters. The van der Waals surface area contributed by atoms with Crippen LogP contribution in [0.5, 0.6) is 5.75 Å². The number of nitrogens with one attached hydrogen (secondary N) is 1. The van der Waals surface area contributed by atoms with Gasteiger partial charge in [-0.25, -0.2) is 0 Å². The maximum absolute atomic E-state index is 11.9. The zero-order valence-electron chi connectivity index (χ0n) is 10.9. The second kappa shape index (κ2) is 5.17. The Balaban J connectivity index is 2.13. The van der Waals surface area contributed by atoms with Gasteiger partial charge in [0.05, 0.1) is 24.2 Å². The number of hydrogen-bond donors (Lipinski definition) is 1. The van der Waals surface area contributed by atoms with Crippen molar-refractivity contribution in [2.45, 2.75) is 0 Å². The van der Waals surface area contributed by atoms with Crippen LogP contribution in [0.4, 0.5) is 17.1 Å². The molecule has 1 N–H and O–H groups in total. The van der Waals surface area contributed by atoms with E-state index in [0.717, 1.165) is 27.3 Å². The van der Waals surface area contributed by atoms with Crippen LogP contribution in [0.1, 0.15) is 0 Å². The first-order chi connectivity index (χ1) is 9.69. The van der Waals surface area contributed by atoms with Crippen LogP contribution in [0.2, 0.25) is 0 Å². The van der Waals surface area contributed by atoms with Gasteiger partial charge in [0.2, 0.25) is 5.91 Å². The van der Waals surface area contributed by atoms with Crippen molar-refractivity contribution in [3.05, 3.63) is 46.9 Å². The Morgan fingerprint density at radius 3 is 2.80 bits per heavy atom. The van der Waals surface area contributed by atoms with E-state index in [4.69, 9.17) is 4.74 Å². The molecule has 0 fully saturated rings. The van der Waals surface area contributed by atoms with E-state index in [0.29, 0.717) is 0 Å². The van der Waals surface area contributed by atoms with E-state index in [2.05, 4.69) is 21.2 Å². The fourth-order valence-electron chi connectivity index (χ4n) is 2.33. The summed E-state index contributed by atoms with van der Waals surface area (Å²) in [6.07, 6.45) is 0. The molecule has 0 aliphatic carbocycles. The molecule has 4 nitrogen and oxygen atoms in total. The highest BCUT2D eigenvalue weighted by molar-refractivity contribution is 9.10. The summed E-state index contributed by atoms with van der Waals surface area (Å²) in [7, 11) is 1.63. The third-order valence-electron chi connectivity index (χ3n) is 3.20. The van der Waals surface area contributed by atoms with E-state index in [9.17, 15) is 4.79 Å². The quantitative estimate of drug-likeness (QED) is 0.914. The van der Waals surface area contributed by atoms with Crippen molar-refractivity contribution in [3.8, 4) is 5.75 Å². The third-order valence-corrected chi connectivity index (χ3v) is 3.69. The van der Waals surface area contributed by atoms with E-state index in [-0.39, 0.29) is 12.5 Å². The van der Waals surface area contributed by atoms with Crippen LogP contribution in [0.15, 0.2) is 46.9 Å². The number of carbonyl (C=O) groups excluding carboxylic acids is 1. The Morgan fingerprint density at radius 2 is 2.00 bits per heavy atom. The molecule has 0 saturated carbocycles. The molecule has 1 aliphatic heterocycles. The smallest absolute Gasteiger partial charge is 0.244 e. The lowest BCUT2D eigenvalue weighted by Gasteiger charge is -2.31. The Hall–Kier alpha value is -2.01. The maximum Gasteiger partial charge on any atom is 0.244 e. The van der Waals surface area contributed by atoms with E-state index in [1.165, 1.54) is 0 Å². The number of amides is 1. The van der Waals surface area contributed by atoms with Gasteiger partial charge in [-0.3, -0.25) is 4.79 Å². The van der Waals surface area contributed by atoms with Crippen LogP contribution < -0.4 is 15.0 Å². The summed E-state index contributed by atoms with van der Waals surface area (Å²) in [4.78, 5) is 13.9. The van der Waals surface area contributed by atoms with Crippen molar-refractivity contribution in [2.24, 2.45) is 0 Å². The normalized spacial score (nSPS) is 13.7. The molecule has 0 aromatic heterocycles. The first-order valence-corrected chi connectivity index (χ1v) is 6.98.